The van der Waals surface area contributed by atoms with E-state index in [0.29, 0.717) is 0 Å². The number of nitrogens with zero attached hydrogens (tertiary/aromatic N) is 2. The third-order valence-corrected chi connectivity index (χ3v) is 3.02. The predicted octanol–water partition coefficient (Wildman–Crippen LogP) is 0.329. The summed E-state index contributed by atoms with van der Waals surface area (Å²) in [6.07, 6.45) is 3.95. The number of allylic oxidation sites excluding steroid dienone is 2. The van der Waals surface area contributed by atoms with Crippen LogP contribution >= 0.6 is 0 Å². The quantitative estimate of drug-likeness (QED) is 0.722. The van der Waals surface area contributed by atoms with Gasteiger partial charge >= 0.3 is 0 Å². The van der Waals surface area contributed by atoms with E-state index in [-0.39, 0.29) is 0 Å². The van der Waals surface area contributed by atoms with Gasteiger partial charge in [0.2, 0.25) is 0 Å². The van der Waals surface area contributed by atoms with Crippen LogP contribution in [-0.2, 0) is 0 Å². The second-order valence-electron chi connectivity index (χ2n) is 4.28. The monoisotopic (exact) mass is 224 g/mol. The molecule has 0 atom stereocenters. The molecule has 1 heterocycles. The van der Waals surface area contributed by atoms with Crippen molar-refractivity contribution >= 4 is 0 Å². The van der Waals surface area contributed by atoms with E-state index < -0.39 is 0 Å². The van der Waals surface area contributed by atoms with Crippen LogP contribution in [-0.4, -0.2) is 49.1 Å². The van der Waals surface area contributed by atoms with E-state index in [4.69, 9.17) is 11.5 Å². The molecule has 0 aliphatic carbocycles. The molecule has 1 aliphatic rings. The molecule has 4 heteroatoms. The van der Waals surface area contributed by atoms with E-state index in [9.17, 15) is 0 Å². The zero-order chi connectivity index (χ0) is 12.0. The minimum atomic E-state index is 0.892. The summed E-state index contributed by atoms with van der Waals surface area (Å²) in [5.74, 6) is 0. The molecular weight excluding hydrogens is 200 g/mol. The normalized spacial score (nSPS) is 21.4. The summed E-state index contributed by atoms with van der Waals surface area (Å²) in [6, 6.07) is 0. The molecule has 0 bridgehead atoms. The van der Waals surface area contributed by atoms with E-state index in [0.717, 1.165) is 50.7 Å². The Morgan fingerprint density at radius 3 is 1.44 bits per heavy atom. The van der Waals surface area contributed by atoms with E-state index in [2.05, 4.69) is 9.80 Å². The Labute approximate surface area is 98.6 Å². The summed E-state index contributed by atoms with van der Waals surface area (Å²) in [5.41, 5.74) is 13.6. The van der Waals surface area contributed by atoms with Crippen LogP contribution in [0.25, 0.3) is 0 Å². The topological polar surface area (TPSA) is 58.5 Å². The molecule has 1 saturated heterocycles. The highest BCUT2D eigenvalue weighted by atomic mass is 15.3. The molecule has 16 heavy (non-hydrogen) atoms. The molecule has 0 saturated carbocycles. The zero-order valence-electron chi connectivity index (χ0n) is 10.4. The van der Waals surface area contributed by atoms with Crippen molar-refractivity contribution in [2.45, 2.75) is 13.8 Å². The molecule has 0 aromatic rings. The molecule has 0 radical (unpaired) electrons. The maximum absolute atomic E-state index is 5.82. The third kappa shape index (κ3) is 4.24. The van der Waals surface area contributed by atoms with Gasteiger partial charge in [-0.2, -0.15) is 0 Å². The zero-order valence-corrected chi connectivity index (χ0v) is 10.4. The summed E-state index contributed by atoms with van der Waals surface area (Å²) >= 11 is 0. The molecule has 0 aromatic heterocycles. The first-order valence-electron chi connectivity index (χ1n) is 5.91. The van der Waals surface area contributed by atoms with Gasteiger partial charge in [0.25, 0.3) is 0 Å². The van der Waals surface area contributed by atoms with Crippen molar-refractivity contribution in [3.05, 3.63) is 23.5 Å². The first-order valence-corrected chi connectivity index (χ1v) is 5.91. The van der Waals surface area contributed by atoms with Gasteiger partial charge in [0.15, 0.2) is 0 Å². The van der Waals surface area contributed by atoms with Crippen molar-refractivity contribution in [2.24, 2.45) is 11.5 Å². The lowest BCUT2D eigenvalue weighted by molar-refractivity contribution is 0.148. The van der Waals surface area contributed by atoms with Crippen LogP contribution < -0.4 is 11.5 Å². The molecule has 0 aromatic carbocycles. The number of rotatable bonds is 4. The molecular formula is C12H24N4. The van der Waals surface area contributed by atoms with Crippen molar-refractivity contribution in [1.29, 1.82) is 0 Å². The van der Waals surface area contributed by atoms with Crippen molar-refractivity contribution in [2.75, 3.05) is 39.3 Å². The Morgan fingerprint density at radius 2 is 1.19 bits per heavy atom. The van der Waals surface area contributed by atoms with Gasteiger partial charge in [0, 0.05) is 50.7 Å². The Balaban J connectivity index is 2.28. The molecule has 4 N–H and O–H groups in total. The van der Waals surface area contributed by atoms with Gasteiger partial charge in [-0.3, -0.25) is 9.80 Å². The van der Waals surface area contributed by atoms with E-state index in [1.54, 1.807) is 0 Å². The lowest BCUT2D eigenvalue weighted by atomic mass is 10.2. The smallest absolute Gasteiger partial charge is 0.0377 e. The van der Waals surface area contributed by atoms with E-state index in [1.165, 1.54) is 0 Å². The Hall–Kier alpha value is -1.00. The van der Waals surface area contributed by atoms with Gasteiger partial charge in [0.1, 0.15) is 0 Å². The third-order valence-electron chi connectivity index (χ3n) is 3.02. The average Bonchev–Trinajstić information content (AvgIpc) is 2.31. The van der Waals surface area contributed by atoms with Crippen LogP contribution in [0.2, 0.25) is 0 Å². The SMILES string of the molecule is C/C=C(\N)CN1CCN(C/C(N)=C/C)CC1. The van der Waals surface area contributed by atoms with Crippen molar-refractivity contribution in [3.63, 3.8) is 0 Å². The average molecular weight is 224 g/mol. The lowest BCUT2D eigenvalue weighted by Gasteiger charge is -2.34. The number of nitrogens with two attached hydrogens (primary N) is 2. The highest BCUT2D eigenvalue weighted by Gasteiger charge is 2.16. The first kappa shape index (κ1) is 13.1. The lowest BCUT2D eigenvalue weighted by Crippen LogP contribution is -2.48. The largest absolute Gasteiger partial charge is 0.401 e. The maximum atomic E-state index is 5.82. The molecule has 0 unspecified atom stereocenters. The predicted molar refractivity (Wildman–Crippen MR) is 68.8 cm³/mol. The van der Waals surface area contributed by atoms with Crippen LogP contribution in [0.15, 0.2) is 23.5 Å². The first-order chi connectivity index (χ1) is 7.65. The highest BCUT2D eigenvalue weighted by Crippen LogP contribution is 2.04. The summed E-state index contributed by atoms with van der Waals surface area (Å²) in [6.45, 7) is 10.1. The number of hydrogen-bond donors (Lipinski definition) is 2. The standard InChI is InChI=1S/C12H24N4/c1-3-11(13)9-15-5-7-16(8-6-15)10-12(14)4-2/h3-4H,5-10,13-14H2,1-2H3/b11-3-,12-4-. The van der Waals surface area contributed by atoms with Crippen LogP contribution in [0.3, 0.4) is 0 Å². The highest BCUT2D eigenvalue weighted by molar-refractivity contribution is 4.99. The van der Waals surface area contributed by atoms with Crippen LogP contribution in [0.1, 0.15) is 13.8 Å². The minimum Gasteiger partial charge on any atom is -0.401 e. The molecule has 1 rings (SSSR count). The van der Waals surface area contributed by atoms with Crippen LogP contribution in [0.4, 0.5) is 0 Å². The Bertz CT molecular complexity index is 234. The van der Waals surface area contributed by atoms with Crippen molar-refractivity contribution in [1.82, 2.24) is 9.80 Å². The second kappa shape index (κ2) is 6.55. The van der Waals surface area contributed by atoms with E-state index in [1.807, 2.05) is 26.0 Å². The molecule has 0 amide bonds. The van der Waals surface area contributed by atoms with Gasteiger partial charge in [-0.05, 0) is 13.8 Å². The van der Waals surface area contributed by atoms with Gasteiger partial charge in [-0.15, -0.1) is 0 Å². The fourth-order valence-electron chi connectivity index (χ4n) is 1.80. The summed E-state index contributed by atoms with van der Waals surface area (Å²) < 4.78 is 0. The molecule has 4 nitrogen and oxygen atoms in total. The summed E-state index contributed by atoms with van der Waals surface area (Å²) in [4.78, 5) is 4.77. The van der Waals surface area contributed by atoms with Crippen LogP contribution in [0.5, 0.6) is 0 Å². The molecule has 92 valence electrons. The van der Waals surface area contributed by atoms with Gasteiger partial charge < -0.3 is 11.5 Å². The summed E-state index contributed by atoms with van der Waals surface area (Å²) in [5, 5.41) is 0. The Morgan fingerprint density at radius 1 is 0.875 bits per heavy atom. The van der Waals surface area contributed by atoms with Gasteiger partial charge in [-0.1, -0.05) is 12.2 Å². The summed E-state index contributed by atoms with van der Waals surface area (Å²) in [7, 11) is 0. The minimum absolute atomic E-state index is 0.892. The van der Waals surface area contributed by atoms with Gasteiger partial charge in [-0.25, -0.2) is 0 Å². The molecule has 1 fully saturated rings. The maximum Gasteiger partial charge on any atom is 0.0377 e. The van der Waals surface area contributed by atoms with E-state index >= 15 is 0 Å². The number of hydrogen-bond acceptors (Lipinski definition) is 4. The van der Waals surface area contributed by atoms with Crippen molar-refractivity contribution < 1.29 is 0 Å². The number of piperazine rings is 1. The van der Waals surface area contributed by atoms with Crippen molar-refractivity contribution in [3.8, 4) is 0 Å². The molecule has 0 spiro atoms. The fourth-order valence-corrected chi connectivity index (χ4v) is 1.80. The van der Waals surface area contributed by atoms with Gasteiger partial charge in [0.05, 0.1) is 0 Å². The fraction of sp³-hybridized carbons (Fsp3) is 0.667. The van der Waals surface area contributed by atoms with Crippen LogP contribution in [0, 0.1) is 0 Å². The second-order valence-corrected chi connectivity index (χ2v) is 4.28. The molecule has 1 aliphatic heterocycles. The Kier molecular flexibility index (Phi) is 5.35.